The first-order valence-electron chi connectivity index (χ1n) is 7.49. The fraction of sp³-hybridized carbons (Fsp3) is 0.235. The molecule has 0 radical (unpaired) electrons. The minimum Gasteiger partial charge on any atom is -0.294 e. The summed E-state index contributed by atoms with van der Waals surface area (Å²) in [7, 11) is 0. The van der Waals surface area contributed by atoms with Crippen LogP contribution in [0.1, 0.15) is 34.6 Å². The van der Waals surface area contributed by atoms with Crippen molar-refractivity contribution in [1.29, 1.82) is 0 Å². The molecule has 0 aliphatic rings. The van der Waals surface area contributed by atoms with Crippen molar-refractivity contribution in [3.05, 3.63) is 59.6 Å². The quantitative estimate of drug-likeness (QED) is 0.404. The highest BCUT2D eigenvalue weighted by Gasteiger charge is 2.16. The van der Waals surface area contributed by atoms with Gasteiger partial charge in [0, 0.05) is 0 Å². The number of ketones is 1. The summed E-state index contributed by atoms with van der Waals surface area (Å²) in [5, 5.41) is 5.16. The zero-order valence-corrected chi connectivity index (χ0v) is 14.5. The Morgan fingerprint density at radius 1 is 1.17 bits per heavy atom. The van der Waals surface area contributed by atoms with Crippen LogP contribution in [0.5, 0.6) is 0 Å². The van der Waals surface area contributed by atoms with Crippen LogP contribution in [0.15, 0.2) is 41.7 Å². The number of hydrogen-bond acceptors (Lipinski definition) is 6. The number of aromatic nitrogens is 5. The van der Waals surface area contributed by atoms with Gasteiger partial charge in [-0.15, -0.1) is 0 Å². The molecule has 7 heteroatoms. The third-order valence-corrected chi connectivity index (χ3v) is 4.39. The zero-order valence-electron chi connectivity index (χ0n) is 13.7. The van der Waals surface area contributed by atoms with Gasteiger partial charge in [-0.3, -0.25) is 4.79 Å². The molecule has 0 atom stereocenters. The van der Waals surface area contributed by atoms with E-state index in [0.29, 0.717) is 33.7 Å². The minimum atomic E-state index is -0.0298. The molecule has 24 heavy (non-hydrogen) atoms. The third-order valence-electron chi connectivity index (χ3n) is 3.42. The number of hydrogen-bond donors (Lipinski definition) is 0. The van der Waals surface area contributed by atoms with Crippen molar-refractivity contribution in [2.24, 2.45) is 0 Å². The van der Waals surface area contributed by atoms with Gasteiger partial charge in [0.1, 0.15) is 17.2 Å². The van der Waals surface area contributed by atoms with E-state index in [-0.39, 0.29) is 5.78 Å². The van der Waals surface area contributed by atoms with Gasteiger partial charge in [-0.25, -0.2) is 19.6 Å². The molecule has 2 heterocycles. The van der Waals surface area contributed by atoms with Crippen LogP contribution in [-0.4, -0.2) is 30.5 Å². The van der Waals surface area contributed by atoms with Crippen LogP contribution in [0.4, 0.5) is 0 Å². The van der Waals surface area contributed by atoms with E-state index in [1.165, 1.54) is 18.7 Å². The predicted octanol–water partition coefficient (Wildman–Crippen LogP) is 3.17. The number of carbonyl (C=O) groups excluding carboxylic acids is 1. The number of nitrogens with zero attached hydrogens (tertiary/aromatic N) is 5. The van der Waals surface area contributed by atoms with E-state index < -0.39 is 0 Å². The van der Waals surface area contributed by atoms with Crippen LogP contribution < -0.4 is 0 Å². The van der Waals surface area contributed by atoms with Crippen LogP contribution in [0.2, 0.25) is 0 Å². The van der Waals surface area contributed by atoms with E-state index in [1.807, 2.05) is 44.2 Å². The number of carbonyl (C=O) groups is 1. The van der Waals surface area contributed by atoms with Gasteiger partial charge in [0.2, 0.25) is 0 Å². The van der Waals surface area contributed by atoms with Gasteiger partial charge in [-0.1, -0.05) is 30.0 Å². The average molecular weight is 339 g/mol. The Balaban J connectivity index is 1.80. The summed E-state index contributed by atoms with van der Waals surface area (Å²) >= 11 is 1.46. The molecule has 3 rings (SSSR count). The topological polar surface area (TPSA) is 73.6 Å². The molecule has 0 spiro atoms. The lowest BCUT2D eigenvalue weighted by atomic mass is 10.2. The van der Waals surface area contributed by atoms with Gasteiger partial charge in [0.05, 0.1) is 22.7 Å². The van der Waals surface area contributed by atoms with Crippen LogP contribution in [-0.2, 0) is 5.75 Å². The van der Waals surface area contributed by atoms with Crippen molar-refractivity contribution in [1.82, 2.24) is 24.7 Å². The van der Waals surface area contributed by atoms with E-state index in [4.69, 9.17) is 0 Å². The number of benzene rings is 1. The highest BCUT2D eigenvalue weighted by atomic mass is 32.2. The first kappa shape index (κ1) is 16.3. The highest BCUT2D eigenvalue weighted by molar-refractivity contribution is 7.98. The molecule has 3 aromatic rings. The maximum atomic E-state index is 11.9. The van der Waals surface area contributed by atoms with Gasteiger partial charge >= 0.3 is 0 Å². The predicted molar refractivity (Wildman–Crippen MR) is 92.4 cm³/mol. The van der Waals surface area contributed by atoms with Crippen molar-refractivity contribution in [3.8, 4) is 5.69 Å². The Hall–Kier alpha value is -2.54. The lowest BCUT2D eigenvalue weighted by molar-refractivity contribution is 0.101. The van der Waals surface area contributed by atoms with Crippen LogP contribution in [0.25, 0.3) is 5.69 Å². The summed E-state index contributed by atoms with van der Waals surface area (Å²) in [6.07, 6.45) is 1.69. The van der Waals surface area contributed by atoms with Crippen molar-refractivity contribution in [3.63, 3.8) is 0 Å². The Labute approximate surface area is 144 Å². The largest absolute Gasteiger partial charge is 0.294 e. The lowest BCUT2D eigenvalue weighted by Gasteiger charge is -2.08. The van der Waals surface area contributed by atoms with Crippen molar-refractivity contribution in [2.45, 2.75) is 31.6 Å². The fourth-order valence-electron chi connectivity index (χ4n) is 2.39. The lowest BCUT2D eigenvalue weighted by Crippen LogP contribution is -2.06. The molecular weight excluding hydrogens is 322 g/mol. The normalized spacial score (nSPS) is 10.8. The fourth-order valence-corrected chi connectivity index (χ4v) is 3.42. The van der Waals surface area contributed by atoms with E-state index in [9.17, 15) is 4.79 Å². The first-order chi connectivity index (χ1) is 11.5. The van der Waals surface area contributed by atoms with Crippen molar-refractivity contribution >= 4 is 17.5 Å². The smallest absolute Gasteiger partial charge is 0.164 e. The molecule has 0 unspecified atom stereocenters. The Bertz CT molecular complexity index is 876. The standard InChI is InChI=1S/C17H17N5OS/c1-11-16(12(2)23)17(20-13(3)19-11)24-9-15-18-10-22(21-15)14-7-5-4-6-8-14/h4-8,10H,9H2,1-3H3. The molecule has 0 aliphatic heterocycles. The molecule has 0 saturated carbocycles. The maximum absolute atomic E-state index is 11.9. The molecule has 0 aliphatic carbocycles. The first-order valence-corrected chi connectivity index (χ1v) is 8.48. The molecule has 6 nitrogen and oxygen atoms in total. The molecular formula is C17H17N5OS. The Morgan fingerprint density at radius 3 is 2.62 bits per heavy atom. The number of aryl methyl sites for hydroxylation is 2. The summed E-state index contributed by atoms with van der Waals surface area (Å²) in [4.78, 5) is 24.9. The third kappa shape index (κ3) is 3.51. The summed E-state index contributed by atoms with van der Waals surface area (Å²) in [6.45, 7) is 5.19. The van der Waals surface area contributed by atoms with Crippen molar-refractivity contribution < 1.29 is 4.79 Å². The van der Waals surface area contributed by atoms with Crippen molar-refractivity contribution in [2.75, 3.05) is 0 Å². The molecule has 0 fully saturated rings. The van der Waals surface area contributed by atoms with E-state index in [0.717, 1.165) is 5.69 Å². The average Bonchev–Trinajstić information content (AvgIpc) is 3.01. The maximum Gasteiger partial charge on any atom is 0.164 e. The molecule has 122 valence electrons. The molecule has 1 aromatic carbocycles. The zero-order chi connectivity index (χ0) is 17.1. The van der Waals surface area contributed by atoms with E-state index in [1.54, 1.807) is 11.0 Å². The molecule has 0 saturated heterocycles. The second-order valence-corrected chi connectivity index (χ2v) is 6.29. The number of thioether (sulfide) groups is 1. The molecule has 0 bridgehead atoms. The van der Waals surface area contributed by atoms with Gasteiger partial charge in [-0.2, -0.15) is 5.10 Å². The van der Waals surface area contributed by atoms with Gasteiger partial charge in [0.25, 0.3) is 0 Å². The highest BCUT2D eigenvalue weighted by Crippen LogP contribution is 2.25. The second kappa shape index (κ2) is 6.92. The van der Waals surface area contributed by atoms with E-state index in [2.05, 4.69) is 20.1 Å². The minimum absolute atomic E-state index is 0.0298. The van der Waals surface area contributed by atoms with Gasteiger partial charge < -0.3 is 0 Å². The van der Waals surface area contributed by atoms with Crippen LogP contribution in [0, 0.1) is 13.8 Å². The van der Waals surface area contributed by atoms with Gasteiger partial charge in [-0.05, 0) is 32.9 Å². The SMILES string of the molecule is CC(=O)c1c(C)nc(C)nc1SCc1ncn(-c2ccccc2)n1. The van der Waals surface area contributed by atoms with E-state index >= 15 is 0 Å². The molecule has 0 amide bonds. The van der Waals surface area contributed by atoms with Gasteiger partial charge in [0.15, 0.2) is 11.6 Å². The summed E-state index contributed by atoms with van der Waals surface area (Å²) < 4.78 is 1.73. The summed E-state index contributed by atoms with van der Waals surface area (Å²) in [5.41, 5.74) is 2.24. The second-order valence-electron chi connectivity index (χ2n) is 5.32. The van der Waals surface area contributed by atoms with Crippen LogP contribution in [0.3, 0.4) is 0 Å². The van der Waals surface area contributed by atoms with Crippen LogP contribution >= 0.6 is 11.8 Å². The molecule has 0 N–H and O–H groups in total. The summed E-state index contributed by atoms with van der Waals surface area (Å²) in [6, 6.07) is 9.81. The number of Topliss-reactive ketones (excluding diaryl/α,β-unsaturated/α-hetero) is 1. The Morgan fingerprint density at radius 2 is 1.92 bits per heavy atom. The molecule has 2 aromatic heterocycles. The summed E-state index contributed by atoms with van der Waals surface area (Å²) in [5.74, 6) is 1.85. The monoisotopic (exact) mass is 339 g/mol. The number of rotatable bonds is 5. The Kier molecular flexibility index (Phi) is 4.71. The number of para-hydroxylation sites is 1.